The molecule has 0 aromatic heterocycles. The Kier molecular flexibility index (Phi) is 3.53. The van der Waals surface area contributed by atoms with Crippen molar-refractivity contribution in [1.29, 1.82) is 0 Å². The fourth-order valence-electron chi connectivity index (χ4n) is 5.11. The van der Waals surface area contributed by atoms with E-state index < -0.39 is 17.8 Å². The van der Waals surface area contributed by atoms with E-state index in [9.17, 15) is 19.2 Å². The minimum atomic E-state index is -0.622. The largest absolute Gasteiger partial charge is 0.326 e. The van der Waals surface area contributed by atoms with Crippen molar-refractivity contribution in [3.05, 3.63) is 59.7 Å². The molecule has 3 amide bonds. The normalized spacial score (nSPS) is 27.6. The molecule has 6 nitrogen and oxygen atoms in total. The van der Waals surface area contributed by atoms with Crippen molar-refractivity contribution in [3.63, 3.8) is 0 Å². The molecule has 1 saturated carbocycles. The number of amides is 3. The average Bonchev–Trinajstić information content (AvgIpc) is 2.94. The zero-order valence-electron chi connectivity index (χ0n) is 15.2. The van der Waals surface area contributed by atoms with Crippen molar-refractivity contribution in [1.82, 2.24) is 0 Å². The number of nitrogens with one attached hydrogen (secondary N) is 1. The summed E-state index contributed by atoms with van der Waals surface area (Å²) in [7, 11) is 0. The van der Waals surface area contributed by atoms with E-state index in [1.807, 2.05) is 24.3 Å². The van der Waals surface area contributed by atoms with Crippen LogP contribution in [0.15, 0.2) is 48.5 Å². The maximum atomic E-state index is 13.2. The van der Waals surface area contributed by atoms with E-state index in [0.29, 0.717) is 17.8 Å². The quantitative estimate of drug-likeness (QED) is 0.819. The second kappa shape index (κ2) is 5.86. The number of Topliss-reactive ketones (excluding diaryl/α,β-unsaturated/α-hetero) is 1. The fraction of sp³-hybridized carbons (Fsp3) is 0.273. The van der Waals surface area contributed by atoms with Gasteiger partial charge in [0.25, 0.3) is 0 Å². The SMILES string of the molecule is CC(=O)Nc1ccc(N2C(=O)[C@H]3[C@H](C2=O)[C@H]2C(=O)C[C@H]3c3ccccc32)cc1. The van der Waals surface area contributed by atoms with Gasteiger partial charge in [0.1, 0.15) is 5.78 Å². The first-order valence-corrected chi connectivity index (χ1v) is 9.34. The van der Waals surface area contributed by atoms with E-state index in [2.05, 4.69) is 5.32 Å². The molecule has 0 radical (unpaired) electrons. The molecule has 0 unspecified atom stereocenters. The van der Waals surface area contributed by atoms with Crippen molar-refractivity contribution in [2.75, 3.05) is 10.2 Å². The molecule has 0 spiro atoms. The molecule has 140 valence electrons. The standard InChI is InChI=1S/C22H18N2O4/c1-11(25)23-12-6-8-13(9-7-12)24-21(27)19-16-10-17(26)18(20(19)22(24)28)15-5-3-2-4-14(15)16/h2-9,16,18-20H,10H2,1H3,(H,23,25)/t16-,18+,19+,20+/m0/s1. The molecule has 28 heavy (non-hydrogen) atoms. The summed E-state index contributed by atoms with van der Waals surface area (Å²) in [5, 5.41) is 2.66. The van der Waals surface area contributed by atoms with Crippen molar-refractivity contribution < 1.29 is 19.2 Å². The van der Waals surface area contributed by atoms with Gasteiger partial charge in [0.05, 0.1) is 23.4 Å². The Morgan fingerprint density at radius 1 is 0.929 bits per heavy atom. The molecule has 2 aromatic rings. The number of rotatable bonds is 2. The van der Waals surface area contributed by atoms with Gasteiger partial charge >= 0.3 is 0 Å². The zero-order chi connectivity index (χ0) is 19.6. The van der Waals surface area contributed by atoms with Crippen LogP contribution < -0.4 is 10.2 Å². The lowest BCUT2D eigenvalue weighted by molar-refractivity contribution is -0.134. The number of hydrogen-bond acceptors (Lipinski definition) is 4. The van der Waals surface area contributed by atoms with Gasteiger partial charge in [-0.1, -0.05) is 24.3 Å². The Hall–Kier alpha value is -3.28. The number of ketones is 1. The highest BCUT2D eigenvalue weighted by atomic mass is 16.2. The van der Waals surface area contributed by atoms with Crippen molar-refractivity contribution in [2.24, 2.45) is 11.8 Å². The highest BCUT2D eigenvalue weighted by molar-refractivity contribution is 6.24. The summed E-state index contributed by atoms with van der Waals surface area (Å²) >= 11 is 0. The van der Waals surface area contributed by atoms with Gasteiger partial charge in [0.15, 0.2) is 0 Å². The molecule has 3 aliphatic carbocycles. The Morgan fingerprint density at radius 3 is 2.25 bits per heavy atom. The van der Waals surface area contributed by atoms with E-state index in [-0.39, 0.29) is 29.4 Å². The maximum Gasteiger partial charge on any atom is 0.238 e. The van der Waals surface area contributed by atoms with Gasteiger partial charge in [-0.3, -0.25) is 24.1 Å². The molecule has 1 aliphatic heterocycles. The first-order chi connectivity index (χ1) is 13.5. The summed E-state index contributed by atoms with van der Waals surface area (Å²) in [5.74, 6) is -2.57. The number of carbonyl (C=O) groups excluding carboxylic acids is 4. The average molecular weight is 374 g/mol. The topological polar surface area (TPSA) is 83.6 Å². The van der Waals surface area contributed by atoms with Gasteiger partial charge in [-0.25, -0.2) is 0 Å². The Morgan fingerprint density at radius 2 is 1.57 bits per heavy atom. The third kappa shape index (κ3) is 2.21. The molecule has 2 bridgehead atoms. The third-order valence-corrected chi connectivity index (χ3v) is 6.13. The summed E-state index contributed by atoms with van der Waals surface area (Å²) in [6, 6.07) is 14.3. The summed E-state index contributed by atoms with van der Waals surface area (Å²) in [6.07, 6.45) is 0.317. The van der Waals surface area contributed by atoms with Crippen LogP contribution in [0.3, 0.4) is 0 Å². The predicted octanol–water partition coefficient (Wildman–Crippen LogP) is 2.60. The first kappa shape index (κ1) is 16.9. The van der Waals surface area contributed by atoms with Gasteiger partial charge < -0.3 is 5.32 Å². The molecule has 1 heterocycles. The van der Waals surface area contributed by atoms with Gasteiger partial charge in [-0.2, -0.15) is 0 Å². The summed E-state index contributed by atoms with van der Waals surface area (Å²) in [5.41, 5.74) is 2.98. The molecule has 1 N–H and O–H groups in total. The molecule has 2 aromatic carbocycles. The minimum Gasteiger partial charge on any atom is -0.326 e. The lowest BCUT2D eigenvalue weighted by Crippen LogP contribution is -2.44. The molecule has 1 saturated heterocycles. The number of fused-ring (bicyclic) bond motifs is 1. The van der Waals surface area contributed by atoms with Gasteiger partial charge in [0, 0.05) is 24.9 Å². The Labute approximate surface area is 161 Å². The van der Waals surface area contributed by atoms with Crippen LogP contribution in [0.1, 0.15) is 36.3 Å². The van der Waals surface area contributed by atoms with E-state index in [1.165, 1.54) is 11.8 Å². The van der Waals surface area contributed by atoms with Gasteiger partial charge in [-0.15, -0.1) is 0 Å². The van der Waals surface area contributed by atoms with E-state index in [4.69, 9.17) is 0 Å². The molecule has 4 atom stereocenters. The van der Waals surface area contributed by atoms with Crippen LogP contribution in [0.2, 0.25) is 0 Å². The predicted molar refractivity (Wildman–Crippen MR) is 102 cm³/mol. The second-order valence-electron chi connectivity index (χ2n) is 7.68. The van der Waals surface area contributed by atoms with Crippen LogP contribution in [0.5, 0.6) is 0 Å². The van der Waals surface area contributed by atoms with Gasteiger partial charge in [0.2, 0.25) is 17.7 Å². The number of benzene rings is 2. The summed E-state index contributed by atoms with van der Waals surface area (Å²) in [6.45, 7) is 1.41. The summed E-state index contributed by atoms with van der Waals surface area (Å²) in [4.78, 5) is 51.6. The minimum absolute atomic E-state index is 0.0500. The van der Waals surface area contributed by atoms with Crippen LogP contribution in [-0.4, -0.2) is 23.5 Å². The lowest BCUT2D eigenvalue weighted by Gasteiger charge is -2.43. The molecule has 6 rings (SSSR count). The van der Waals surface area contributed by atoms with E-state index >= 15 is 0 Å². The van der Waals surface area contributed by atoms with Crippen molar-refractivity contribution in [2.45, 2.75) is 25.2 Å². The lowest BCUT2D eigenvalue weighted by atomic mass is 9.56. The number of nitrogens with zero attached hydrogens (tertiary/aromatic N) is 1. The number of carbonyl (C=O) groups is 4. The van der Waals surface area contributed by atoms with Crippen LogP contribution in [-0.2, 0) is 19.2 Å². The molecular weight excluding hydrogens is 356 g/mol. The molecular formula is C22H18N2O4. The van der Waals surface area contributed by atoms with Crippen LogP contribution >= 0.6 is 0 Å². The Balaban J connectivity index is 1.54. The second-order valence-corrected chi connectivity index (χ2v) is 7.68. The molecule has 4 aliphatic rings. The Bertz CT molecular complexity index is 1040. The number of hydrogen-bond donors (Lipinski definition) is 1. The van der Waals surface area contributed by atoms with Crippen molar-refractivity contribution in [3.8, 4) is 0 Å². The molecule has 2 fully saturated rings. The zero-order valence-corrected chi connectivity index (χ0v) is 15.2. The molecule has 6 heteroatoms. The monoisotopic (exact) mass is 374 g/mol. The van der Waals surface area contributed by atoms with Crippen LogP contribution in [0.25, 0.3) is 0 Å². The van der Waals surface area contributed by atoms with Crippen LogP contribution in [0.4, 0.5) is 11.4 Å². The van der Waals surface area contributed by atoms with E-state index in [0.717, 1.165) is 11.1 Å². The maximum absolute atomic E-state index is 13.2. The van der Waals surface area contributed by atoms with Crippen LogP contribution in [0, 0.1) is 11.8 Å². The summed E-state index contributed by atoms with van der Waals surface area (Å²) < 4.78 is 0. The van der Waals surface area contributed by atoms with Gasteiger partial charge in [-0.05, 0) is 35.4 Å². The number of imide groups is 1. The highest BCUT2D eigenvalue weighted by Crippen LogP contribution is 2.57. The van der Waals surface area contributed by atoms with E-state index in [1.54, 1.807) is 24.3 Å². The number of anilines is 2. The fourth-order valence-corrected chi connectivity index (χ4v) is 5.11. The third-order valence-electron chi connectivity index (χ3n) is 6.13. The highest BCUT2D eigenvalue weighted by Gasteiger charge is 2.62. The van der Waals surface area contributed by atoms with Crippen molar-refractivity contribution >= 4 is 34.9 Å². The first-order valence-electron chi connectivity index (χ1n) is 9.34. The smallest absolute Gasteiger partial charge is 0.238 e.